The highest BCUT2D eigenvalue weighted by Gasteiger charge is 2.37. The normalized spacial score (nSPS) is 14.7. The van der Waals surface area contributed by atoms with Crippen LogP contribution in [-0.2, 0) is 9.59 Å². The Bertz CT molecular complexity index is 1360. The molecule has 1 N–H and O–H groups in total. The number of amides is 4. The second-order valence-corrected chi connectivity index (χ2v) is 7.23. The van der Waals surface area contributed by atoms with Crippen LogP contribution in [0, 0.1) is 10.1 Å². The van der Waals surface area contributed by atoms with Gasteiger partial charge in [-0.3, -0.25) is 25.0 Å². The first kappa shape index (κ1) is 23.2. The molecule has 2 heterocycles. The molecule has 0 atom stereocenters. The first-order chi connectivity index (χ1) is 16.8. The molecule has 3 aromatic rings. The maximum Gasteiger partial charge on any atom is 0.335 e. The van der Waals surface area contributed by atoms with Crippen LogP contribution < -0.4 is 19.7 Å². The summed E-state index contributed by atoms with van der Waals surface area (Å²) in [6.07, 6.45) is 1.19. The number of ether oxygens (including phenoxy) is 2. The minimum Gasteiger partial charge on any atom is -0.496 e. The van der Waals surface area contributed by atoms with E-state index >= 15 is 0 Å². The molecule has 11 nitrogen and oxygen atoms in total. The first-order valence-corrected chi connectivity index (χ1v) is 10.4. The molecule has 4 rings (SSSR count). The molecular formula is C24H19N3O8. The molecular weight excluding hydrogens is 458 g/mol. The van der Waals surface area contributed by atoms with Crippen LogP contribution >= 0.6 is 0 Å². The molecule has 0 radical (unpaired) electrons. The van der Waals surface area contributed by atoms with Crippen molar-refractivity contribution in [1.82, 2.24) is 5.32 Å². The Labute approximate surface area is 198 Å². The maximum absolute atomic E-state index is 13.1. The topological polar surface area (TPSA) is 141 Å². The van der Waals surface area contributed by atoms with Gasteiger partial charge in [0, 0.05) is 12.1 Å². The fraction of sp³-hybridized carbons (Fsp3) is 0.125. The maximum atomic E-state index is 13.1. The molecule has 1 fully saturated rings. The molecule has 4 amide bonds. The van der Waals surface area contributed by atoms with Crippen molar-refractivity contribution >= 4 is 35.3 Å². The number of carbonyl (C=O) groups excluding carboxylic acids is 3. The summed E-state index contributed by atoms with van der Waals surface area (Å²) in [5, 5.41) is 13.3. The van der Waals surface area contributed by atoms with Gasteiger partial charge >= 0.3 is 6.03 Å². The lowest BCUT2D eigenvalue weighted by atomic mass is 10.1. The highest BCUT2D eigenvalue weighted by Crippen LogP contribution is 2.35. The number of nitro groups is 1. The predicted octanol–water partition coefficient (Wildman–Crippen LogP) is 3.93. The van der Waals surface area contributed by atoms with Gasteiger partial charge in [0.15, 0.2) is 0 Å². The van der Waals surface area contributed by atoms with Gasteiger partial charge in [0.2, 0.25) is 0 Å². The molecule has 0 aliphatic carbocycles. The van der Waals surface area contributed by atoms with Crippen LogP contribution in [0.3, 0.4) is 0 Å². The number of carbonyl (C=O) groups is 3. The number of hydrogen-bond donors (Lipinski definition) is 1. The number of anilines is 1. The number of hydrogen-bond acceptors (Lipinski definition) is 8. The summed E-state index contributed by atoms with van der Waals surface area (Å²) in [5.41, 5.74) is 0.0709. The average molecular weight is 477 g/mol. The van der Waals surface area contributed by atoms with Gasteiger partial charge in [-0.25, -0.2) is 9.69 Å². The Morgan fingerprint density at radius 3 is 2.49 bits per heavy atom. The highest BCUT2D eigenvalue weighted by molar-refractivity contribution is 6.39. The van der Waals surface area contributed by atoms with E-state index in [1.807, 2.05) is 6.92 Å². The zero-order valence-corrected chi connectivity index (χ0v) is 18.6. The van der Waals surface area contributed by atoms with Gasteiger partial charge in [-0.05, 0) is 55.5 Å². The lowest BCUT2D eigenvalue weighted by Crippen LogP contribution is -2.54. The average Bonchev–Trinajstić information content (AvgIpc) is 3.31. The first-order valence-electron chi connectivity index (χ1n) is 10.4. The summed E-state index contributed by atoms with van der Waals surface area (Å²) in [5.74, 6) is -0.481. The van der Waals surface area contributed by atoms with Gasteiger partial charge in [0.05, 0.1) is 29.9 Å². The van der Waals surface area contributed by atoms with Gasteiger partial charge in [0.25, 0.3) is 17.5 Å². The molecule has 0 bridgehead atoms. The Morgan fingerprint density at radius 2 is 1.83 bits per heavy atom. The molecule has 0 spiro atoms. The Morgan fingerprint density at radius 1 is 1.09 bits per heavy atom. The number of methoxy groups -OCH3 is 1. The van der Waals surface area contributed by atoms with Gasteiger partial charge in [-0.1, -0.05) is 0 Å². The third-order valence-electron chi connectivity index (χ3n) is 5.08. The van der Waals surface area contributed by atoms with E-state index in [4.69, 9.17) is 13.9 Å². The van der Waals surface area contributed by atoms with Crippen molar-refractivity contribution in [2.24, 2.45) is 0 Å². The fourth-order valence-electron chi connectivity index (χ4n) is 3.47. The number of nitro benzene ring substituents is 1. The van der Waals surface area contributed by atoms with Gasteiger partial charge < -0.3 is 13.9 Å². The van der Waals surface area contributed by atoms with Crippen molar-refractivity contribution in [3.63, 3.8) is 0 Å². The standard InChI is InChI=1S/C24H19N3O8/c1-3-34-16-7-4-14(5-8-16)26-23(29)19(22(28)25-24(26)30)13-17-9-11-21(35-17)18-12-15(27(31)32)6-10-20(18)33-2/h4-13H,3H2,1-2H3,(H,25,28,30). The van der Waals surface area contributed by atoms with Gasteiger partial charge in [-0.2, -0.15) is 0 Å². The molecule has 0 unspecified atom stereocenters. The number of imide groups is 2. The van der Waals surface area contributed by atoms with Crippen LogP contribution in [-0.4, -0.2) is 36.5 Å². The SMILES string of the molecule is CCOc1ccc(N2C(=O)NC(=O)C(=Cc3ccc(-c4cc([N+](=O)[O-])ccc4OC)o3)C2=O)cc1. The lowest BCUT2D eigenvalue weighted by molar-refractivity contribution is -0.384. The van der Waals surface area contributed by atoms with E-state index < -0.39 is 22.8 Å². The van der Waals surface area contributed by atoms with Crippen LogP contribution in [0.2, 0.25) is 0 Å². The minimum absolute atomic E-state index is 0.119. The Kier molecular flexibility index (Phi) is 6.32. The zero-order chi connectivity index (χ0) is 25.1. The summed E-state index contributed by atoms with van der Waals surface area (Å²) in [7, 11) is 1.41. The summed E-state index contributed by atoms with van der Waals surface area (Å²) in [6, 6.07) is 12.4. The number of nitrogens with one attached hydrogen (secondary N) is 1. The Balaban J connectivity index is 1.66. The van der Waals surface area contributed by atoms with Crippen LogP contribution in [0.4, 0.5) is 16.2 Å². The molecule has 1 saturated heterocycles. The van der Waals surface area contributed by atoms with E-state index in [0.717, 1.165) is 4.90 Å². The molecule has 11 heteroatoms. The van der Waals surface area contributed by atoms with Crippen molar-refractivity contribution in [3.05, 3.63) is 76.0 Å². The van der Waals surface area contributed by atoms with Crippen LogP contribution in [0.1, 0.15) is 12.7 Å². The summed E-state index contributed by atoms with van der Waals surface area (Å²) in [4.78, 5) is 49.3. The third-order valence-corrected chi connectivity index (χ3v) is 5.08. The second kappa shape index (κ2) is 9.51. The van der Waals surface area contributed by atoms with Crippen LogP contribution in [0.15, 0.2) is 64.6 Å². The number of rotatable bonds is 7. The molecule has 35 heavy (non-hydrogen) atoms. The summed E-state index contributed by atoms with van der Waals surface area (Å²) in [6.45, 7) is 2.28. The van der Waals surface area contributed by atoms with E-state index in [0.29, 0.717) is 23.7 Å². The molecule has 0 saturated carbocycles. The third kappa shape index (κ3) is 4.60. The van der Waals surface area contributed by atoms with E-state index in [-0.39, 0.29) is 28.5 Å². The number of benzene rings is 2. The van der Waals surface area contributed by atoms with E-state index in [9.17, 15) is 24.5 Å². The van der Waals surface area contributed by atoms with E-state index in [1.165, 1.54) is 55.7 Å². The Hall–Kier alpha value is -4.93. The lowest BCUT2D eigenvalue weighted by Gasteiger charge is -2.26. The zero-order valence-electron chi connectivity index (χ0n) is 18.6. The van der Waals surface area contributed by atoms with Gasteiger partial charge in [0.1, 0.15) is 28.6 Å². The molecule has 1 aliphatic heterocycles. The van der Waals surface area contributed by atoms with Crippen LogP contribution in [0.5, 0.6) is 11.5 Å². The number of furan rings is 1. The van der Waals surface area contributed by atoms with Gasteiger partial charge in [-0.15, -0.1) is 0 Å². The van der Waals surface area contributed by atoms with Crippen molar-refractivity contribution in [2.45, 2.75) is 6.92 Å². The number of nitrogens with zero attached hydrogens (tertiary/aromatic N) is 2. The molecule has 1 aliphatic rings. The van der Waals surface area contributed by atoms with E-state index in [1.54, 1.807) is 12.1 Å². The number of urea groups is 1. The number of barbiturate groups is 1. The molecule has 2 aromatic carbocycles. The van der Waals surface area contributed by atoms with Crippen molar-refractivity contribution in [3.8, 4) is 22.8 Å². The molecule has 178 valence electrons. The summed E-state index contributed by atoms with van der Waals surface area (Å²) >= 11 is 0. The van der Waals surface area contributed by atoms with Crippen molar-refractivity contribution < 1.29 is 33.2 Å². The summed E-state index contributed by atoms with van der Waals surface area (Å²) < 4.78 is 16.3. The smallest absolute Gasteiger partial charge is 0.335 e. The van der Waals surface area contributed by atoms with Crippen LogP contribution in [0.25, 0.3) is 17.4 Å². The fourth-order valence-corrected chi connectivity index (χ4v) is 3.47. The largest absolute Gasteiger partial charge is 0.496 e. The van der Waals surface area contributed by atoms with Crippen molar-refractivity contribution in [2.75, 3.05) is 18.6 Å². The monoisotopic (exact) mass is 477 g/mol. The number of non-ortho nitro benzene ring substituents is 1. The quantitative estimate of drug-likeness (QED) is 0.234. The highest BCUT2D eigenvalue weighted by atomic mass is 16.6. The predicted molar refractivity (Wildman–Crippen MR) is 124 cm³/mol. The van der Waals surface area contributed by atoms with Crippen molar-refractivity contribution in [1.29, 1.82) is 0 Å². The minimum atomic E-state index is -0.886. The second-order valence-electron chi connectivity index (χ2n) is 7.23. The van der Waals surface area contributed by atoms with E-state index in [2.05, 4.69) is 5.32 Å². The molecule has 1 aromatic heterocycles.